The van der Waals surface area contributed by atoms with Gasteiger partial charge in [-0.3, -0.25) is 4.79 Å². The molecule has 1 atom stereocenters. The number of carbonyl (C=O) groups is 1. The number of aromatic nitrogens is 4. The third-order valence-electron chi connectivity index (χ3n) is 5.09. The minimum atomic E-state index is -0.0723. The van der Waals surface area contributed by atoms with Gasteiger partial charge in [-0.1, -0.05) is 54.2 Å². The van der Waals surface area contributed by atoms with Gasteiger partial charge in [0.15, 0.2) is 5.16 Å². The molecule has 0 aliphatic rings. The molecule has 2 N–H and O–H groups in total. The Balaban J connectivity index is 1.29. The highest BCUT2D eigenvalue weighted by atomic mass is 32.2. The van der Waals surface area contributed by atoms with E-state index < -0.39 is 0 Å². The predicted octanol–water partition coefficient (Wildman–Crippen LogP) is 4.46. The van der Waals surface area contributed by atoms with Crippen molar-refractivity contribution in [2.75, 3.05) is 5.75 Å². The van der Waals surface area contributed by atoms with Crippen LogP contribution in [0.1, 0.15) is 35.5 Å². The van der Waals surface area contributed by atoms with Crippen molar-refractivity contribution in [1.82, 2.24) is 24.8 Å². The lowest BCUT2D eigenvalue weighted by Crippen LogP contribution is -2.28. The van der Waals surface area contributed by atoms with Crippen LogP contribution in [0.3, 0.4) is 0 Å². The Labute approximate surface area is 186 Å². The highest BCUT2D eigenvalue weighted by molar-refractivity contribution is 7.99. The summed E-state index contributed by atoms with van der Waals surface area (Å²) in [6.07, 6.45) is 6.19. The zero-order valence-electron chi connectivity index (χ0n) is 17.6. The Bertz CT molecular complexity index is 1120. The molecule has 2 aromatic heterocycles. The molecule has 0 aliphatic carbocycles. The second-order valence-electron chi connectivity index (χ2n) is 7.42. The van der Waals surface area contributed by atoms with E-state index in [0.717, 1.165) is 34.2 Å². The molecule has 0 spiro atoms. The maximum Gasteiger partial charge on any atom is 0.230 e. The molecule has 0 radical (unpaired) electrons. The van der Waals surface area contributed by atoms with Crippen LogP contribution in [0.5, 0.6) is 0 Å². The molecule has 6 nitrogen and oxygen atoms in total. The third kappa shape index (κ3) is 5.44. The van der Waals surface area contributed by atoms with Crippen LogP contribution in [-0.2, 0) is 11.2 Å². The standard InChI is InChI=1S/C24H25N5OS/c1-17(20-8-10-21(11-9-20)29-13-12-25-16-29)26-23(30)15-31-24-27-18(2)22(28-24)14-19-6-4-3-5-7-19/h3-13,16-17H,14-15H2,1-2H3,(H,26,30)(H,27,28). The summed E-state index contributed by atoms with van der Waals surface area (Å²) >= 11 is 1.42. The van der Waals surface area contributed by atoms with Crippen LogP contribution in [0.15, 0.2) is 78.5 Å². The summed E-state index contributed by atoms with van der Waals surface area (Å²) in [6, 6.07) is 18.3. The van der Waals surface area contributed by atoms with Crippen LogP contribution in [-0.4, -0.2) is 31.2 Å². The van der Waals surface area contributed by atoms with Crippen LogP contribution in [0, 0.1) is 6.92 Å². The summed E-state index contributed by atoms with van der Waals surface area (Å²) in [4.78, 5) is 24.5. The highest BCUT2D eigenvalue weighted by Gasteiger charge is 2.13. The number of benzene rings is 2. The molecule has 0 bridgehead atoms. The largest absolute Gasteiger partial charge is 0.349 e. The molecule has 4 aromatic rings. The molecule has 0 saturated heterocycles. The van der Waals surface area contributed by atoms with Gasteiger partial charge in [0.2, 0.25) is 5.91 Å². The lowest BCUT2D eigenvalue weighted by molar-refractivity contribution is -0.119. The molecule has 2 heterocycles. The van der Waals surface area contributed by atoms with Gasteiger partial charge >= 0.3 is 0 Å². The molecule has 0 saturated carbocycles. The fourth-order valence-electron chi connectivity index (χ4n) is 3.34. The van der Waals surface area contributed by atoms with E-state index in [4.69, 9.17) is 0 Å². The average molecular weight is 432 g/mol. The molecule has 158 valence electrons. The van der Waals surface area contributed by atoms with E-state index in [0.29, 0.717) is 5.75 Å². The van der Waals surface area contributed by atoms with Gasteiger partial charge < -0.3 is 14.9 Å². The SMILES string of the molecule is Cc1[nH]c(SCC(=O)NC(C)c2ccc(-n3ccnc3)cc2)nc1Cc1ccccc1. The summed E-state index contributed by atoms with van der Waals surface area (Å²) in [5.74, 6) is 0.296. The summed E-state index contributed by atoms with van der Waals surface area (Å²) < 4.78 is 1.95. The zero-order valence-corrected chi connectivity index (χ0v) is 18.4. The lowest BCUT2D eigenvalue weighted by Gasteiger charge is -2.14. The van der Waals surface area contributed by atoms with Crippen molar-refractivity contribution < 1.29 is 4.79 Å². The number of H-pyrrole nitrogens is 1. The summed E-state index contributed by atoms with van der Waals surface area (Å²) in [7, 11) is 0. The monoisotopic (exact) mass is 431 g/mol. The van der Waals surface area contributed by atoms with Gasteiger partial charge in [-0.2, -0.15) is 0 Å². The number of aromatic amines is 1. The van der Waals surface area contributed by atoms with Crippen molar-refractivity contribution in [1.29, 1.82) is 0 Å². The number of hydrogen-bond acceptors (Lipinski definition) is 4. The number of amides is 1. The number of carbonyl (C=O) groups excluding carboxylic acids is 1. The fraction of sp³-hybridized carbons (Fsp3) is 0.208. The van der Waals surface area contributed by atoms with Crippen LogP contribution in [0.2, 0.25) is 0 Å². The minimum absolute atomic E-state index is 0.0187. The van der Waals surface area contributed by atoms with E-state index in [1.807, 2.05) is 67.1 Å². The minimum Gasteiger partial charge on any atom is -0.349 e. The Morgan fingerprint density at radius 2 is 1.94 bits per heavy atom. The molecular weight excluding hydrogens is 406 g/mol. The maximum absolute atomic E-state index is 12.5. The maximum atomic E-state index is 12.5. The molecule has 1 amide bonds. The van der Waals surface area contributed by atoms with Gasteiger partial charge in [-0.05, 0) is 37.1 Å². The molecular formula is C24H25N5OS. The highest BCUT2D eigenvalue weighted by Crippen LogP contribution is 2.20. The Kier molecular flexibility index (Phi) is 6.52. The number of rotatable bonds is 8. The normalized spacial score (nSPS) is 11.9. The van der Waals surface area contributed by atoms with Crippen LogP contribution in [0.4, 0.5) is 0 Å². The number of nitrogens with one attached hydrogen (secondary N) is 2. The molecule has 7 heteroatoms. The van der Waals surface area contributed by atoms with Crippen LogP contribution in [0.25, 0.3) is 5.69 Å². The second kappa shape index (κ2) is 9.66. The van der Waals surface area contributed by atoms with Crippen LogP contribution >= 0.6 is 11.8 Å². The van der Waals surface area contributed by atoms with E-state index in [1.54, 1.807) is 12.5 Å². The van der Waals surface area contributed by atoms with E-state index in [1.165, 1.54) is 17.3 Å². The number of aryl methyl sites for hydroxylation is 1. The van der Waals surface area contributed by atoms with E-state index in [-0.39, 0.29) is 11.9 Å². The van der Waals surface area contributed by atoms with Gasteiger partial charge in [0.1, 0.15) is 0 Å². The Hall–Kier alpha value is -3.32. The zero-order chi connectivity index (χ0) is 21.6. The number of imidazole rings is 2. The first-order valence-electron chi connectivity index (χ1n) is 10.2. The molecule has 0 aliphatic heterocycles. The lowest BCUT2D eigenvalue weighted by atomic mass is 10.1. The van der Waals surface area contributed by atoms with Gasteiger partial charge in [0.25, 0.3) is 0 Å². The van der Waals surface area contributed by atoms with E-state index in [2.05, 4.69) is 32.4 Å². The number of hydrogen-bond donors (Lipinski definition) is 2. The smallest absolute Gasteiger partial charge is 0.230 e. The van der Waals surface area contributed by atoms with Gasteiger partial charge in [0, 0.05) is 30.2 Å². The van der Waals surface area contributed by atoms with E-state index >= 15 is 0 Å². The average Bonchev–Trinajstić information content (AvgIpc) is 3.44. The van der Waals surface area contributed by atoms with Crippen molar-refractivity contribution in [3.05, 3.63) is 95.8 Å². The van der Waals surface area contributed by atoms with Crippen molar-refractivity contribution in [3.8, 4) is 5.69 Å². The summed E-state index contributed by atoms with van der Waals surface area (Å²) in [5.41, 5.74) is 5.37. The first-order valence-corrected chi connectivity index (χ1v) is 11.2. The van der Waals surface area contributed by atoms with Gasteiger partial charge in [0.05, 0.1) is 23.8 Å². The molecule has 2 aromatic carbocycles. The molecule has 1 unspecified atom stereocenters. The Morgan fingerprint density at radius 3 is 2.65 bits per heavy atom. The van der Waals surface area contributed by atoms with E-state index in [9.17, 15) is 4.79 Å². The third-order valence-corrected chi connectivity index (χ3v) is 5.96. The molecule has 4 rings (SSSR count). The summed E-state index contributed by atoms with van der Waals surface area (Å²) in [6.45, 7) is 4.01. The molecule has 31 heavy (non-hydrogen) atoms. The topological polar surface area (TPSA) is 75.6 Å². The predicted molar refractivity (Wildman–Crippen MR) is 123 cm³/mol. The van der Waals surface area contributed by atoms with Crippen molar-refractivity contribution in [3.63, 3.8) is 0 Å². The number of thioether (sulfide) groups is 1. The van der Waals surface area contributed by atoms with Crippen molar-refractivity contribution in [2.24, 2.45) is 0 Å². The fourth-order valence-corrected chi connectivity index (χ4v) is 4.10. The first kappa shape index (κ1) is 20.9. The molecule has 0 fully saturated rings. The van der Waals surface area contributed by atoms with Crippen molar-refractivity contribution >= 4 is 17.7 Å². The number of nitrogens with zero attached hydrogens (tertiary/aromatic N) is 3. The first-order chi connectivity index (χ1) is 15.1. The summed E-state index contributed by atoms with van der Waals surface area (Å²) in [5, 5.41) is 3.84. The second-order valence-corrected chi connectivity index (χ2v) is 8.38. The van der Waals surface area contributed by atoms with Crippen molar-refractivity contribution in [2.45, 2.75) is 31.5 Å². The van der Waals surface area contributed by atoms with Gasteiger partial charge in [-0.25, -0.2) is 9.97 Å². The van der Waals surface area contributed by atoms with Crippen LogP contribution < -0.4 is 5.32 Å². The van der Waals surface area contributed by atoms with Gasteiger partial charge in [-0.15, -0.1) is 0 Å². The Morgan fingerprint density at radius 1 is 1.16 bits per heavy atom. The quantitative estimate of drug-likeness (QED) is 0.404.